The first-order valence-electron chi connectivity index (χ1n) is 11.2. The van der Waals surface area contributed by atoms with Gasteiger partial charge in [-0.15, -0.1) is 0 Å². The van der Waals surface area contributed by atoms with Gasteiger partial charge in [0.1, 0.15) is 6.04 Å². The average Bonchev–Trinajstić information content (AvgIpc) is 2.77. The Morgan fingerprint density at radius 1 is 1.07 bits per heavy atom. The van der Waals surface area contributed by atoms with Crippen molar-refractivity contribution in [1.82, 2.24) is 20.0 Å². The summed E-state index contributed by atoms with van der Waals surface area (Å²) in [6.45, 7) is 14.6. The van der Waals surface area contributed by atoms with Crippen molar-refractivity contribution in [3.05, 3.63) is 35.9 Å². The van der Waals surface area contributed by atoms with E-state index in [1.807, 2.05) is 35.2 Å². The lowest BCUT2D eigenvalue weighted by molar-refractivity contribution is -0.137. The predicted molar refractivity (Wildman–Crippen MR) is 119 cm³/mol. The number of rotatable bonds is 10. The molecule has 1 aromatic carbocycles. The molecule has 7 heteroatoms. The number of amides is 3. The van der Waals surface area contributed by atoms with Gasteiger partial charge in [-0.3, -0.25) is 4.79 Å². The van der Waals surface area contributed by atoms with Crippen molar-refractivity contribution in [3.8, 4) is 0 Å². The van der Waals surface area contributed by atoms with Crippen LogP contribution in [-0.4, -0.2) is 85.7 Å². The molecule has 1 N–H and O–H groups in total. The molecule has 2 rings (SSSR count). The van der Waals surface area contributed by atoms with E-state index in [-0.39, 0.29) is 11.9 Å². The highest BCUT2D eigenvalue weighted by molar-refractivity contribution is 5.88. The third-order valence-corrected chi connectivity index (χ3v) is 5.42. The molecule has 1 fully saturated rings. The van der Waals surface area contributed by atoms with Gasteiger partial charge in [0.05, 0.1) is 13.2 Å². The number of morpholine rings is 1. The second kappa shape index (κ2) is 12.5. The van der Waals surface area contributed by atoms with Crippen molar-refractivity contribution >= 4 is 11.9 Å². The van der Waals surface area contributed by atoms with Gasteiger partial charge in [-0.05, 0) is 24.6 Å². The van der Waals surface area contributed by atoms with Crippen molar-refractivity contribution in [2.45, 2.75) is 33.7 Å². The SMILES string of the molecule is CCN(CC)CCN(CC(C)C)C(=O)N[C@H](C(=O)N1CCOCC1)c1ccccc1. The van der Waals surface area contributed by atoms with Crippen molar-refractivity contribution < 1.29 is 14.3 Å². The van der Waals surface area contributed by atoms with Crippen LogP contribution in [0.1, 0.15) is 39.3 Å². The Morgan fingerprint density at radius 2 is 1.70 bits per heavy atom. The maximum atomic E-state index is 13.3. The molecule has 3 amide bonds. The highest BCUT2D eigenvalue weighted by Gasteiger charge is 2.30. The van der Waals surface area contributed by atoms with E-state index in [2.05, 4.69) is 37.9 Å². The lowest BCUT2D eigenvalue weighted by Gasteiger charge is -2.33. The Hall–Kier alpha value is -2.12. The Labute approximate surface area is 181 Å². The zero-order valence-electron chi connectivity index (χ0n) is 19.0. The molecule has 0 aliphatic carbocycles. The first-order valence-corrected chi connectivity index (χ1v) is 11.2. The summed E-state index contributed by atoms with van der Waals surface area (Å²) in [4.78, 5) is 32.4. The molecule has 0 bridgehead atoms. The molecule has 0 aromatic heterocycles. The number of benzene rings is 1. The van der Waals surface area contributed by atoms with E-state index in [0.717, 1.165) is 25.2 Å². The molecular formula is C23H38N4O3. The number of ether oxygens (including phenoxy) is 1. The van der Waals surface area contributed by atoms with Gasteiger partial charge in [0.15, 0.2) is 0 Å². The molecule has 1 aromatic rings. The Bertz CT molecular complexity index is 643. The van der Waals surface area contributed by atoms with Gasteiger partial charge in [-0.2, -0.15) is 0 Å². The van der Waals surface area contributed by atoms with Gasteiger partial charge < -0.3 is 24.8 Å². The summed E-state index contributed by atoms with van der Waals surface area (Å²) in [5.74, 6) is 0.267. The summed E-state index contributed by atoms with van der Waals surface area (Å²) in [5.41, 5.74) is 0.801. The standard InChI is InChI=1S/C23H38N4O3/c1-5-25(6-2)12-13-27(18-19(3)4)23(29)24-21(20-10-8-7-9-11-20)22(28)26-14-16-30-17-15-26/h7-11,19,21H,5-6,12-18H2,1-4H3,(H,24,29)/t21-/m0/s1. The number of nitrogens with one attached hydrogen (secondary N) is 1. The molecule has 168 valence electrons. The smallest absolute Gasteiger partial charge is 0.318 e. The summed E-state index contributed by atoms with van der Waals surface area (Å²) < 4.78 is 5.38. The number of likely N-dealkylation sites (N-methyl/N-ethyl adjacent to an activating group) is 1. The number of carbonyl (C=O) groups is 2. The van der Waals surface area contributed by atoms with Crippen LogP contribution in [0.4, 0.5) is 4.79 Å². The van der Waals surface area contributed by atoms with Crippen LogP contribution in [0, 0.1) is 5.92 Å². The van der Waals surface area contributed by atoms with Crippen LogP contribution in [0.3, 0.4) is 0 Å². The molecule has 1 heterocycles. The molecule has 1 atom stereocenters. The highest BCUT2D eigenvalue weighted by Crippen LogP contribution is 2.18. The largest absolute Gasteiger partial charge is 0.378 e. The summed E-state index contributed by atoms with van der Waals surface area (Å²) in [7, 11) is 0. The Kier molecular flexibility index (Phi) is 10.1. The molecule has 0 radical (unpaired) electrons. The third kappa shape index (κ3) is 7.29. The number of hydrogen-bond acceptors (Lipinski definition) is 4. The highest BCUT2D eigenvalue weighted by atomic mass is 16.5. The molecule has 0 spiro atoms. The van der Waals surface area contributed by atoms with Gasteiger partial charge in [0.25, 0.3) is 0 Å². The van der Waals surface area contributed by atoms with Crippen LogP contribution < -0.4 is 5.32 Å². The van der Waals surface area contributed by atoms with E-state index in [4.69, 9.17) is 4.74 Å². The van der Waals surface area contributed by atoms with Crippen molar-refractivity contribution in [2.75, 3.05) is 59.0 Å². The number of urea groups is 1. The zero-order chi connectivity index (χ0) is 21.9. The first-order chi connectivity index (χ1) is 14.5. The number of hydrogen-bond donors (Lipinski definition) is 1. The van der Waals surface area contributed by atoms with Gasteiger partial charge >= 0.3 is 6.03 Å². The Morgan fingerprint density at radius 3 is 2.27 bits per heavy atom. The van der Waals surface area contributed by atoms with E-state index in [9.17, 15) is 9.59 Å². The topological polar surface area (TPSA) is 65.1 Å². The van der Waals surface area contributed by atoms with Crippen LogP contribution in [-0.2, 0) is 9.53 Å². The van der Waals surface area contributed by atoms with E-state index in [1.54, 1.807) is 4.90 Å². The van der Waals surface area contributed by atoms with E-state index in [1.165, 1.54) is 0 Å². The van der Waals surface area contributed by atoms with Gasteiger partial charge in [-0.25, -0.2) is 4.79 Å². The molecule has 1 aliphatic rings. The normalized spacial score (nSPS) is 15.3. The van der Waals surface area contributed by atoms with Crippen LogP contribution in [0.2, 0.25) is 0 Å². The summed E-state index contributed by atoms with van der Waals surface area (Å²) >= 11 is 0. The Balaban J connectivity index is 2.15. The van der Waals surface area contributed by atoms with Crippen molar-refractivity contribution in [3.63, 3.8) is 0 Å². The monoisotopic (exact) mass is 418 g/mol. The molecule has 0 saturated carbocycles. The van der Waals surface area contributed by atoms with Crippen molar-refractivity contribution in [1.29, 1.82) is 0 Å². The lowest BCUT2D eigenvalue weighted by atomic mass is 10.1. The maximum Gasteiger partial charge on any atom is 0.318 e. The fourth-order valence-electron chi connectivity index (χ4n) is 3.63. The fraction of sp³-hybridized carbons (Fsp3) is 0.652. The van der Waals surface area contributed by atoms with Crippen LogP contribution in [0.25, 0.3) is 0 Å². The second-order valence-corrected chi connectivity index (χ2v) is 8.10. The molecule has 1 saturated heterocycles. The summed E-state index contributed by atoms with van der Waals surface area (Å²) in [6, 6.07) is 8.61. The number of carbonyl (C=O) groups excluding carboxylic acids is 2. The molecule has 30 heavy (non-hydrogen) atoms. The molecule has 0 unspecified atom stereocenters. The van der Waals surface area contributed by atoms with E-state index in [0.29, 0.717) is 45.3 Å². The van der Waals surface area contributed by atoms with Crippen molar-refractivity contribution in [2.24, 2.45) is 5.92 Å². The van der Waals surface area contributed by atoms with Gasteiger partial charge in [0, 0.05) is 32.7 Å². The van der Waals surface area contributed by atoms with Gasteiger partial charge in [0.2, 0.25) is 5.91 Å². The van der Waals surface area contributed by atoms with E-state index >= 15 is 0 Å². The van der Waals surface area contributed by atoms with Crippen LogP contribution >= 0.6 is 0 Å². The fourth-order valence-corrected chi connectivity index (χ4v) is 3.63. The lowest BCUT2D eigenvalue weighted by Crippen LogP contribution is -2.51. The molecule has 7 nitrogen and oxygen atoms in total. The first kappa shape index (κ1) is 24.2. The number of nitrogens with zero attached hydrogens (tertiary/aromatic N) is 3. The zero-order valence-corrected chi connectivity index (χ0v) is 19.0. The minimum absolute atomic E-state index is 0.0777. The van der Waals surface area contributed by atoms with Gasteiger partial charge in [-0.1, -0.05) is 58.0 Å². The quantitative estimate of drug-likeness (QED) is 0.634. The third-order valence-electron chi connectivity index (χ3n) is 5.42. The van der Waals surface area contributed by atoms with E-state index < -0.39 is 6.04 Å². The molecular weight excluding hydrogens is 380 g/mol. The predicted octanol–water partition coefficient (Wildman–Crippen LogP) is 2.60. The summed E-state index contributed by atoms with van der Waals surface area (Å²) in [5, 5.41) is 3.03. The minimum atomic E-state index is -0.695. The minimum Gasteiger partial charge on any atom is -0.378 e. The molecule has 1 aliphatic heterocycles. The van der Waals surface area contributed by atoms with Crippen LogP contribution in [0.15, 0.2) is 30.3 Å². The second-order valence-electron chi connectivity index (χ2n) is 8.10. The summed E-state index contributed by atoms with van der Waals surface area (Å²) in [6.07, 6.45) is 0. The average molecular weight is 419 g/mol. The maximum absolute atomic E-state index is 13.3. The van der Waals surface area contributed by atoms with Crippen LogP contribution in [0.5, 0.6) is 0 Å².